The van der Waals surface area contributed by atoms with Crippen molar-refractivity contribution in [2.45, 2.75) is 142 Å². The van der Waals surface area contributed by atoms with Gasteiger partial charge in [-0.2, -0.15) is 12.6 Å². The number of benzene rings is 1. The molecule has 1 heterocycles. The summed E-state index contributed by atoms with van der Waals surface area (Å²) in [6.07, 6.45) is 5.83. The van der Waals surface area contributed by atoms with Crippen LogP contribution in [0.25, 0.3) is 0 Å². The number of alkyl halides is 5. The van der Waals surface area contributed by atoms with E-state index in [1.165, 1.54) is 24.0 Å². The van der Waals surface area contributed by atoms with E-state index in [4.69, 9.17) is 9.47 Å². The summed E-state index contributed by atoms with van der Waals surface area (Å²) < 4.78 is 73.7. The van der Waals surface area contributed by atoms with Crippen LogP contribution in [0.3, 0.4) is 0 Å². The molecule has 1 aromatic rings. The van der Waals surface area contributed by atoms with Gasteiger partial charge in [0.05, 0.1) is 19.3 Å². The van der Waals surface area contributed by atoms with Gasteiger partial charge in [0.15, 0.2) is 19.8 Å². The molecule has 1 aromatic carbocycles. The number of aryl methyl sites for hydroxylation is 1. The Labute approximate surface area is 303 Å². The van der Waals surface area contributed by atoms with E-state index in [1.54, 1.807) is 4.90 Å². The van der Waals surface area contributed by atoms with Crippen molar-refractivity contribution in [1.82, 2.24) is 4.90 Å². The molecule has 1 aliphatic heterocycles. The van der Waals surface area contributed by atoms with Crippen molar-refractivity contribution in [2.24, 2.45) is 22.7 Å². The highest BCUT2D eigenvalue weighted by Crippen LogP contribution is 2.60. The van der Waals surface area contributed by atoms with Crippen LogP contribution in [0.5, 0.6) is 5.75 Å². The number of fused-ring (bicyclic) bond motifs is 5. The first-order chi connectivity index (χ1) is 23.4. The van der Waals surface area contributed by atoms with Crippen LogP contribution in [-0.4, -0.2) is 74.1 Å². The number of nitrogens with zero attached hydrogens (tertiary/aromatic N) is 1. The zero-order valence-corrected chi connectivity index (χ0v) is 31.6. The Hall–Kier alpha value is -1.82. The molecule has 6 unspecified atom stereocenters. The van der Waals surface area contributed by atoms with Crippen molar-refractivity contribution in [3.8, 4) is 5.75 Å². The van der Waals surface area contributed by atoms with Crippen molar-refractivity contribution in [3.05, 3.63) is 29.3 Å². The first-order valence-electron chi connectivity index (χ1n) is 18.4. The summed E-state index contributed by atoms with van der Waals surface area (Å²) in [5, 5.41) is 0. The van der Waals surface area contributed by atoms with E-state index in [9.17, 15) is 31.5 Å². The first kappa shape index (κ1) is 42.6. The van der Waals surface area contributed by atoms with Crippen molar-refractivity contribution >= 4 is 32.4 Å². The summed E-state index contributed by atoms with van der Waals surface area (Å²) in [6, 6.07) is 6.10. The third-order valence-corrected chi connectivity index (χ3v) is 12.1. The number of amides is 1. The second kappa shape index (κ2) is 17.8. The minimum atomic E-state index is -4.42. The van der Waals surface area contributed by atoms with E-state index >= 15 is 0 Å². The maximum absolute atomic E-state index is 14.3. The number of hydrogen-bond acceptors (Lipinski definition) is 5. The van der Waals surface area contributed by atoms with Crippen molar-refractivity contribution in [1.29, 1.82) is 0 Å². The molecule has 3 fully saturated rings. The average Bonchev–Trinajstić information content (AvgIpc) is 3.31. The van der Waals surface area contributed by atoms with Crippen LogP contribution in [0.4, 0.5) is 26.7 Å². The number of morpholine rings is 1. The highest BCUT2D eigenvalue weighted by Gasteiger charge is 2.58. The van der Waals surface area contributed by atoms with E-state index in [2.05, 4.69) is 61.2 Å². The second-order valence-corrected chi connectivity index (χ2v) is 15.9. The molecular weight excluding hydrogens is 672 g/mol. The Balaban J connectivity index is 0.000000311. The molecule has 0 aromatic heterocycles. The van der Waals surface area contributed by atoms with Crippen molar-refractivity contribution in [3.63, 3.8) is 0 Å². The predicted molar refractivity (Wildman–Crippen MR) is 192 cm³/mol. The molecule has 0 spiro atoms. The molecule has 0 bridgehead atoms. The summed E-state index contributed by atoms with van der Waals surface area (Å²) in [5.74, 6) is -7.09. The molecule has 4 aliphatic rings. The molecule has 1 saturated heterocycles. The number of rotatable bonds is 9. The molecular formula is C38H57BF5NO4S. The van der Waals surface area contributed by atoms with Gasteiger partial charge in [-0.25, -0.2) is 26.7 Å². The van der Waals surface area contributed by atoms with E-state index in [-0.39, 0.29) is 36.0 Å². The maximum Gasteiger partial charge on any atom is 0.415 e. The minimum Gasteiger partial charge on any atom is -0.410 e. The summed E-state index contributed by atoms with van der Waals surface area (Å²) in [4.78, 5) is 27.1. The summed E-state index contributed by atoms with van der Waals surface area (Å²) in [5.41, 5.74) is 2.63. The number of ketones is 1. The van der Waals surface area contributed by atoms with Crippen LogP contribution in [0, 0.1) is 22.7 Å². The smallest absolute Gasteiger partial charge is 0.410 e. The Morgan fingerprint density at radius 3 is 2.40 bits per heavy atom. The number of carbonyl (C=O) groups is 2. The molecule has 2 saturated carbocycles. The van der Waals surface area contributed by atoms with Crippen LogP contribution in [0.15, 0.2) is 18.2 Å². The van der Waals surface area contributed by atoms with Gasteiger partial charge in [-0.15, -0.1) is 0 Å². The lowest BCUT2D eigenvalue weighted by Gasteiger charge is -2.48. The average molecular weight is 730 g/mol. The largest absolute Gasteiger partial charge is 0.415 e. The number of carbonyl (C=O) groups excluding carboxylic acids is 2. The van der Waals surface area contributed by atoms with Gasteiger partial charge >= 0.3 is 6.09 Å². The van der Waals surface area contributed by atoms with Gasteiger partial charge in [-0.1, -0.05) is 66.9 Å². The first-order valence-corrected chi connectivity index (χ1v) is 19.0. The molecule has 6 atom stereocenters. The van der Waals surface area contributed by atoms with Crippen LogP contribution >= 0.6 is 12.6 Å². The Morgan fingerprint density at radius 2 is 1.82 bits per heavy atom. The number of hydrogen-bond donors (Lipinski definition) is 1. The topological polar surface area (TPSA) is 55.8 Å². The van der Waals surface area contributed by atoms with Gasteiger partial charge in [-0.05, 0) is 97.1 Å². The molecule has 3 aliphatic carbocycles. The van der Waals surface area contributed by atoms with Gasteiger partial charge in [0.25, 0.3) is 11.7 Å². The fourth-order valence-electron chi connectivity index (χ4n) is 7.72. The van der Waals surface area contributed by atoms with Gasteiger partial charge in [0, 0.05) is 18.4 Å². The Kier molecular flexibility index (Phi) is 15.2. The summed E-state index contributed by atoms with van der Waals surface area (Å²) >= 11 is 3.61. The Morgan fingerprint density at radius 1 is 1.14 bits per heavy atom. The van der Waals surface area contributed by atoms with Gasteiger partial charge < -0.3 is 14.4 Å². The monoisotopic (exact) mass is 729 g/mol. The zero-order valence-electron chi connectivity index (χ0n) is 30.7. The molecule has 5 nitrogen and oxygen atoms in total. The molecule has 0 N–H and O–H groups in total. The SMILES string of the molecule is CCC(C)(C)CC.CCCC1COCCN1C(=O)Oc1ccc2c(c1)CCC1C2CCC2(C)C(=O)C(F)CC12.[B]C(F)(F)C(F)(F)CCCS. The van der Waals surface area contributed by atoms with E-state index in [1.807, 2.05) is 19.1 Å². The lowest BCUT2D eigenvalue weighted by Crippen LogP contribution is -2.49. The third-order valence-electron chi connectivity index (χ3n) is 11.7. The van der Waals surface area contributed by atoms with Gasteiger partial charge in [-0.3, -0.25) is 4.79 Å². The normalized spacial score (nSPS) is 27.9. The molecule has 2 radical (unpaired) electrons. The fraction of sp³-hybridized carbons (Fsp3) is 0.789. The maximum atomic E-state index is 14.3. The second-order valence-electron chi connectivity index (χ2n) is 15.4. The van der Waals surface area contributed by atoms with E-state index in [0.29, 0.717) is 49.2 Å². The van der Waals surface area contributed by atoms with Crippen molar-refractivity contribution in [2.75, 3.05) is 25.5 Å². The molecule has 12 heteroatoms. The number of thiol groups is 1. The van der Waals surface area contributed by atoms with Crippen LogP contribution in [0.2, 0.25) is 0 Å². The fourth-order valence-corrected chi connectivity index (χ4v) is 7.87. The number of halogens is 5. The van der Waals surface area contributed by atoms with Gasteiger partial charge in [0.2, 0.25) is 0 Å². The highest BCUT2D eigenvalue weighted by molar-refractivity contribution is 7.80. The summed E-state index contributed by atoms with van der Waals surface area (Å²) in [6.45, 7) is 14.9. The van der Waals surface area contributed by atoms with Gasteiger partial charge in [0.1, 0.15) is 5.75 Å². The Bertz CT molecular complexity index is 1270. The summed E-state index contributed by atoms with van der Waals surface area (Å²) in [7, 11) is 3.95. The van der Waals surface area contributed by atoms with E-state index in [0.717, 1.165) is 38.5 Å². The standard InChI is InChI=1S/C26H34FNO4.C7H16.C5H7BF4S/c1-3-4-17-15-31-12-11-28(17)25(30)32-18-6-8-19-16(13-18)5-7-21-20(19)9-10-26(2)22(21)14-23(27)24(26)29;1-5-7(3,4)6-2;6-5(9,10)4(7,8)2-1-3-11/h6,8,13,17,20-23H,3-5,7,9-12,14-15H2,1-2H3;5-6H2,1-4H3;11H,1-3H2. The molecule has 1 amide bonds. The number of ether oxygens (including phenoxy) is 2. The predicted octanol–water partition coefficient (Wildman–Crippen LogP) is 9.99. The lowest BCUT2D eigenvalue weighted by atomic mass is 9.55. The van der Waals surface area contributed by atoms with E-state index < -0.39 is 29.8 Å². The van der Waals surface area contributed by atoms with Crippen molar-refractivity contribution < 1.29 is 41.0 Å². The lowest BCUT2D eigenvalue weighted by molar-refractivity contribution is -0.161. The number of Topliss-reactive ketones (excluding diaryl/α,β-unsaturated/α-hetero) is 1. The minimum absolute atomic E-state index is 0.0737. The molecule has 282 valence electrons. The van der Waals surface area contributed by atoms with Crippen LogP contribution in [-0.2, 0) is 16.0 Å². The van der Waals surface area contributed by atoms with Crippen LogP contribution in [0.1, 0.15) is 123 Å². The zero-order chi connectivity index (χ0) is 37.5. The quantitative estimate of drug-likeness (QED) is 0.156. The molecule has 50 heavy (non-hydrogen) atoms. The highest BCUT2D eigenvalue weighted by atomic mass is 32.1. The van der Waals surface area contributed by atoms with Crippen LogP contribution < -0.4 is 4.74 Å². The third kappa shape index (κ3) is 10.2. The molecule has 5 rings (SSSR count).